The molecule has 104 valence electrons. The van der Waals surface area contributed by atoms with Crippen molar-refractivity contribution in [2.45, 2.75) is 38.3 Å². The second-order valence-electron chi connectivity index (χ2n) is 5.43. The van der Waals surface area contributed by atoms with Gasteiger partial charge in [0, 0.05) is 30.2 Å². The van der Waals surface area contributed by atoms with Crippen molar-refractivity contribution in [3.05, 3.63) is 60.7 Å². The first-order chi connectivity index (χ1) is 9.83. The van der Waals surface area contributed by atoms with E-state index in [0.717, 1.165) is 12.1 Å². The number of allylic oxidation sites excluding steroid dienone is 1. The van der Waals surface area contributed by atoms with Crippen LogP contribution in [-0.4, -0.2) is 15.6 Å². The average Bonchev–Trinajstić information content (AvgIpc) is 3.03. The Morgan fingerprint density at radius 2 is 2.10 bits per heavy atom. The Morgan fingerprint density at radius 1 is 1.25 bits per heavy atom. The standard InChI is InChI=1S/C17H21N3/c1-14(19-16-5-3-2-4-6-16)15-7-9-17(10-8-15)20-12-11-18-13-20/h2-3,7-14,16,19H,4-6H2,1H3. The summed E-state index contributed by atoms with van der Waals surface area (Å²) in [6.45, 7) is 2.24. The molecule has 20 heavy (non-hydrogen) atoms. The molecule has 1 aliphatic rings. The predicted octanol–water partition coefficient (Wildman–Crippen LogP) is 3.63. The molecule has 0 fully saturated rings. The average molecular weight is 267 g/mol. The lowest BCUT2D eigenvalue weighted by molar-refractivity contribution is 0.426. The van der Waals surface area contributed by atoms with Crippen LogP contribution >= 0.6 is 0 Å². The Bertz CT molecular complexity index is 554. The van der Waals surface area contributed by atoms with E-state index in [1.54, 1.807) is 6.20 Å². The van der Waals surface area contributed by atoms with Gasteiger partial charge in [-0.1, -0.05) is 24.3 Å². The fourth-order valence-electron chi connectivity index (χ4n) is 2.74. The molecule has 0 bridgehead atoms. The molecule has 1 heterocycles. The first-order valence-corrected chi connectivity index (χ1v) is 7.32. The molecule has 0 amide bonds. The normalized spacial score (nSPS) is 19.9. The largest absolute Gasteiger partial charge is 0.307 e. The van der Waals surface area contributed by atoms with E-state index in [2.05, 4.69) is 53.6 Å². The van der Waals surface area contributed by atoms with Crippen LogP contribution in [0.1, 0.15) is 37.8 Å². The van der Waals surface area contributed by atoms with Gasteiger partial charge >= 0.3 is 0 Å². The highest BCUT2D eigenvalue weighted by atomic mass is 15.0. The molecule has 2 unspecified atom stereocenters. The molecule has 0 spiro atoms. The van der Waals surface area contributed by atoms with Gasteiger partial charge in [-0.05, 0) is 43.9 Å². The van der Waals surface area contributed by atoms with Crippen molar-refractivity contribution in [2.24, 2.45) is 0 Å². The lowest BCUT2D eigenvalue weighted by Crippen LogP contribution is -2.32. The molecule has 0 saturated heterocycles. The zero-order valence-electron chi connectivity index (χ0n) is 11.9. The summed E-state index contributed by atoms with van der Waals surface area (Å²) >= 11 is 0. The number of imidazole rings is 1. The van der Waals surface area contributed by atoms with Crippen LogP contribution in [0.3, 0.4) is 0 Å². The molecule has 2 aromatic rings. The van der Waals surface area contributed by atoms with Gasteiger partial charge in [-0.2, -0.15) is 0 Å². The number of benzene rings is 1. The summed E-state index contributed by atoms with van der Waals surface area (Å²) in [5.74, 6) is 0. The lowest BCUT2D eigenvalue weighted by Gasteiger charge is -2.24. The van der Waals surface area contributed by atoms with Crippen LogP contribution in [-0.2, 0) is 0 Å². The molecule has 1 N–H and O–H groups in total. The van der Waals surface area contributed by atoms with Gasteiger partial charge in [0.15, 0.2) is 0 Å². The summed E-state index contributed by atoms with van der Waals surface area (Å²) in [6.07, 6.45) is 13.7. The smallest absolute Gasteiger partial charge is 0.0991 e. The minimum Gasteiger partial charge on any atom is -0.307 e. The fourth-order valence-corrected chi connectivity index (χ4v) is 2.74. The minimum absolute atomic E-state index is 0.392. The van der Waals surface area contributed by atoms with E-state index in [-0.39, 0.29) is 0 Å². The minimum atomic E-state index is 0.392. The van der Waals surface area contributed by atoms with E-state index >= 15 is 0 Å². The van der Waals surface area contributed by atoms with Crippen molar-refractivity contribution < 1.29 is 0 Å². The SMILES string of the molecule is CC(NC1CC=CCC1)c1ccc(-n2ccnc2)cc1. The van der Waals surface area contributed by atoms with Crippen LogP contribution in [0.4, 0.5) is 0 Å². The van der Waals surface area contributed by atoms with Crippen molar-refractivity contribution in [1.29, 1.82) is 0 Å². The first kappa shape index (κ1) is 13.1. The summed E-state index contributed by atoms with van der Waals surface area (Å²) in [6, 6.07) is 9.70. The molecule has 2 atom stereocenters. The van der Waals surface area contributed by atoms with Crippen molar-refractivity contribution in [3.63, 3.8) is 0 Å². The molecule has 0 saturated carbocycles. The van der Waals surface area contributed by atoms with Crippen LogP contribution in [0.15, 0.2) is 55.1 Å². The van der Waals surface area contributed by atoms with Crippen molar-refractivity contribution >= 4 is 0 Å². The van der Waals surface area contributed by atoms with Crippen LogP contribution in [0.5, 0.6) is 0 Å². The molecule has 3 heteroatoms. The summed E-state index contributed by atoms with van der Waals surface area (Å²) in [5.41, 5.74) is 2.49. The van der Waals surface area contributed by atoms with E-state index in [4.69, 9.17) is 0 Å². The van der Waals surface area contributed by atoms with Crippen LogP contribution in [0.2, 0.25) is 0 Å². The van der Waals surface area contributed by atoms with Gasteiger partial charge in [0.2, 0.25) is 0 Å². The van der Waals surface area contributed by atoms with E-state index in [1.165, 1.54) is 18.4 Å². The topological polar surface area (TPSA) is 29.9 Å². The maximum Gasteiger partial charge on any atom is 0.0991 e. The van der Waals surface area contributed by atoms with Crippen LogP contribution in [0.25, 0.3) is 5.69 Å². The third kappa shape index (κ3) is 2.99. The Kier molecular flexibility index (Phi) is 3.97. The quantitative estimate of drug-likeness (QED) is 0.857. The van der Waals surface area contributed by atoms with Gasteiger partial charge in [0.05, 0.1) is 6.33 Å². The lowest BCUT2D eigenvalue weighted by atomic mass is 9.99. The van der Waals surface area contributed by atoms with Gasteiger partial charge in [0.25, 0.3) is 0 Å². The third-order valence-corrected chi connectivity index (χ3v) is 3.95. The molecule has 0 radical (unpaired) electrons. The van der Waals surface area contributed by atoms with Gasteiger partial charge in [0.1, 0.15) is 0 Å². The molecule has 3 rings (SSSR count). The molecule has 3 nitrogen and oxygen atoms in total. The van der Waals surface area contributed by atoms with E-state index in [1.807, 2.05) is 17.1 Å². The fraction of sp³-hybridized carbons (Fsp3) is 0.353. The molecular formula is C17H21N3. The van der Waals surface area contributed by atoms with E-state index in [0.29, 0.717) is 12.1 Å². The number of hydrogen-bond donors (Lipinski definition) is 1. The second kappa shape index (κ2) is 6.06. The maximum absolute atomic E-state index is 4.08. The van der Waals surface area contributed by atoms with E-state index < -0.39 is 0 Å². The third-order valence-electron chi connectivity index (χ3n) is 3.95. The molecule has 1 aromatic heterocycles. The zero-order chi connectivity index (χ0) is 13.8. The highest BCUT2D eigenvalue weighted by Gasteiger charge is 2.13. The molecule has 0 aliphatic heterocycles. The van der Waals surface area contributed by atoms with Gasteiger partial charge in [-0.25, -0.2) is 4.98 Å². The van der Waals surface area contributed by atoms with Crippen molar-refractivity contribution in [2.75, 3.05) is 0 Å². The number of nitrogens with one attached hydrogen (secondary N) is 1. The van der Waals surface area contributed by atoms with Crippen molar-refractivity contribution in [3.8, 4) is 5.69 Å². The van der Waals surface area contributed by atoms with Gasteiger partial charge in [-0.15, -0.1) is 0 Å². The zero-order valence-corrected chi connectivity index (χ0v) is 11.9. The van der Waals surface area contributed by atoms with Crippen molar-refractivity contribution in [1.82, 2.24) is 14.9 Å². The van der Waals surface area contributed by atoms with Crippen LogP contribution < -0.4 is 5.32 Å². The number of nitrogens with zero attached hydrogens (tertiary/aromatic N) is 2. The molecule has 1 aliphatic carbocycles. The van der Waals surface area contributed by atoms with Gasteiger partial charge < -0.3 is 9.88 Å². The number of aromatic nitrogens is 2. The number of rotatable bonds is 4. The number of hydrogen-bond acceptors (Lipinski definition) is 2. The maximum atomic E-state index is 4.08. The summed E-state index contributed by atoms with van der Waals surface area (Å²) in [4.78, 5) is 4.08. The Balaban J connectivity index is 1.66. The Labute approximate surface area is 120 Å². The molecular weight excluding hydrogens is 246 g/mol. The summed E-state index contributed by atoms with van der Waals surface area (Å²) in [5, 5.41) is 3.72. The highest BCUT2D eigenvalue weighted by Crippen LogP contribution is 2.19. The Hall–Kier alpha value is -1.87. The van der Waals surface area contributed by atoms with Crippen LogP contribution in [0, 0.1) is 0 Å². The summed E-state index contributed by atoms with van der Waals surface area (Å²) in [7, 11) is 0. The summed E-state index contributed by atoms with van der Waals surface area (Å²) < 4.78 is 2.02. The monoisotopic (exact) mass is 267 g/mol. The van der Waals surface area contributed by atoms with Gasteiger partial charge in [-0.3, -0.25) is 0 Å². The van der Waals surface area contributed by atoms with E-state index in [9.17, 15) is 0 Å². The molecule has 1 aromatic carbocycles. The Morgan fingerprint density at radius 3 is 2.75 bits per heavy atom. The highest BCUT2D eigenvalue weighted by molar-refractivity contribution is 5.35. The predicted molar refractivity (Wildman–Crippen MR) is 81.9 cm³/mol. The second-order valence-corrected chi connectivity index (χ2v) is 5.43. The first-order valence-electron chi connectivity index (χ1n) is 7.32.